The molecule has 0 unspecified atom stereocenters. The van der Waals surface area contributed by atoms with Gasteiger partial charge in [0.1, 0.15) is 0 Å². The molecule has 0 heterocycles. The van der Waals surface area contributed by atoms with Gasteiger partial charge in [0.25, 0.3) is 5.91 Å². The second-order valence-corrected chi connectivity index (χ2v) is 9.53. The summed E-state index contributed by atoms with van der Waals surface area (Å²) >= 11 is 1.45. The van der Waals surface area contributed by atoms with E-state index in [0.717, 1.165) is 28.5 Å². The van der Waals surface area contributed by atoms with Crippen molar-refractivity contribution in [3.63, 3.8) is 0 Å². The Balaban J connectivity index is 1.48. The lowest BCUT2D eigenvalue weighted by Crippen LogP contribution is -2.33. The van der Waals surface area contributed by atoms with Crippen LogP contribution >= 0.6 is 11.8 Å². The van der Waals surface area contributed by atoms with E-state index in [0.29, 0.717) is 11.3 Å². The third-order valence-corrected chi connectivity index (χ3v) is 7.24. The second kappa shape index (κ2) is 7.37. The van der Waals surface area contributed by atoms with Crippen LogP contribution in [0.3, 0.4) is 0 Å². The molecule has 0 aromatic heterocycles. The Morgan fingerprint density at radius 3 is 2.44 bits per heavy atom. The summed E-state index contributed by atoms with van der Waals surface area (Å²) in [7, 11) is -3.69. The molecule has 0 saturated heterocycles. The van der Waals surface area contributed by atoms with Crippen molar-refractivity contribution in [2.24, 2.45) is 0 Å². The summed E-state index contributed by atoms with van der Waals surface area (Å²) in [4.78, 5) is 13.7. The number of hydrogen-bond acceptors (Lipinski definition) is 4. The first-order valence-electron chi connectivity index (χ1n) is 8.80. The number of rotatable bonds is 6. The summed E-state index contributed by atoms with van der Waals surface area (Å²) in [6.07, 6.45) is 1.93. The van der Waals surface area contributed by atoms with E-state index in [-0.39, 0.29) is 5.75 Å². The molecule has 1 amide bonds. The van der Waals surface area contributed by atoms with Crippen LogP contribution in [0.1, 0.15) is 21.5 Å². The van der Waals surface area contributed by atoms with Crippen molar-refractivity contribution in [1.29, 1.82) is 0 Å². The Morgan fingerprint density at radius 1 is 0.926 bits per heavy atom. The lowest BCUT2D eigenvalue weighted by atomic mass is 10.00. The predicted molar refractivity (Wildman–Crippen MR) is 110 cm³/mol. The maximum Gasteiger partial charge on any atom is 0.265 e. The van der Waals surface area contributed by atoms with Gasteiger partial charge in [0.05, 0.1) is 5.75 Å². The van der Waals surface area contributed by atoms with Gasteiger partial charge in [-0.1, -0.05) is 42.5 Å². The van der Waals surface area contributed by atoms with Crippen LogP contribution in [-0.2, 0) is 22.9 Å². The van der Waals surface area contributed by atoms with Gasteiger partial charge in [-0.25, -0.2) is 13.1 Å². The smallest absolute Gasteiger partial charge is 0.265 e. The van der Waals surface area contributed by atoms with Crippen LogP contribution in [-0.4, -0.2) is 25.8 Å². The number of sulfonamides is 1. The van der Waals surface area contributed by atoms with E-state index >= 15 is 0 Å². The molecule has 0 bridgehead atoms. The molecule has 4 nitrogen and oxygen atoms in total. The maximum absolute atomic E-state index is 12.7. The Kier molecular flexibility index (Phi) is 4.93. The highest BCUT2D eigenvalue weighted by Gasteiger charge is 2.21. The Bertz CT molecular complexity index is 1100. The summed E-state index contributed by atoms with van der Waals surface area (Å²) in [5.41, 5.74) is 2.86. The molecule has 1 aliphatic rings. The number of carbonyl (C=O) groups is 1. The summed E-state index contributed by atoms with van der Waals surface area (Å²) in [6.45, 7) is 0. The van der Waals surface area contributed by atoms with Crippen molar-refractivity contribution in [2.45, 2.75) is 17.7 Å². The van der Waals surface area contributed by atoms with Gasteiger partial charge in [0.15, 0.2) is 0 Å². The van der Waals surface area contributed by atoms with Crippen LogP contribution in [0.25, 0.3) is 10.8 Å². The zero-order valence-corrected chi connectivity index (χ0v) is 16.3. The quantitative estimate of drug-likeness (QED) is 0.643. The van der Waals surface area contributed by atoms with Crippen molar-refractivity contribution < 1.29 is 13.2 Å². The van der Waals surface area contributed by atoms with Crippen molar-refractivity contribution in [1.82, 2.24) is 4.72 Å². The van der Waals surface area contributed by atoms with Crippen LogP contribution in [0.15, 0.2) is 65.6 Å². The number of aryl methyl sites for hydroxylation is 2. The number of nitrogens with one attached hydrogen (secondary N) is 1. The molecule has 3 aromatic carbocycles. The van der Waals surface area contributed by atoms with Gasteiger partial charge < -0.3 is 0 Å². The van der Waals surface area contributed by atoms with E-state index in [9.17, 15) is 13.2 Å². The number of benzene rings is 3. The second-order valence-electron chi connectivity index (χ2n) is 6.52. The minimum atomic E-state index is -3.69. The molecule has 0 spiro atoms. The van der Waals surface area contributed by atoms with Gasteiger partial charge in [-0.2, -0.15) is 0 Å². The molecule has 0 saturated carbocycles. The molecule has 138 valence electrons. The van der Waals surface area contributed by atoms with Gasteiger partial charge in [-0.15, -0.1) is 11.8 Å². The normalized spacial score (nSPS) is 13.0. The summed E-state index contributed by atoms with van der Waals surface area (Å²) < 4.78 is 26.9. The van der Waals surface area contributed by atoms with Crippen LogP contribution in [0.5, 0.6) is 0 Å². The minimum Gasteiger partial charge on any atom is -0.268 e. The largest absolute Gasteiger partial charge is 0.268 e. The molecular formula is C21H19NO3S2. The van der Waals surface area contributed by atoms with Gasteiger partial charge >= 0.3 is 0 Å². The first-order chi connectivity index (χ1) is 13.0. The van der Waals surface area contributed by atoms with Gasteiger partial charge in [0.2, 0.25) is 10.0 Å². The van der Waals surface area contributed by atoms with Crippen molar-refractivity contribution in [3.8, 4) is 0 Å². The van der Waals surface area contributed by atoms with E-state index in [2.05, 4.69) is 10.8 Å². The molecule has 1 aliphatic carbocycles. The number of amides is 1. The zero-order chi connectivity index (χ0) is 18.9. The van der Waals surface area contributed by atoms with Gasteiger partial charge in [0, 0.05) is 16.2 Å². The topological polar surface area (TPSA) is 63.2 Å². The Hall–Kier alpha value is -2.31. The standard InChI is InChI=1S/C21H19NO3S2/c23-21(22-27(24,25)14-13-26-17-6-2-1-3-7-17)19-12-11-16-10-9-15-5-4-8-18(19)20(15)16/h1-8,11-12H,9-10,13-14H2,(H,22,23). The average molecular weight is 398 g/mol. The minimum absolute atomic E-state index is 0.112. The van der Waals surface area contributed by atoms with Crippen molar-refractivity contribution in [3.05, 3.63) is 77.4 Å². The first-order valence-corrected chi connectivity index (χ1v) is 11.4. The molecule has 0 atom stereocenters. The summed E-state index contributed by atoms with van der Waals surface area (Å²) in [5.74, 6) is -0.286. The molecule has 1 N–H and O–H groups in total. The fraction of sp³-hybridized carbons (Fsp3) is 0.190. The fourth-order valence-corrected chi connectivity index (χ4v) is 5.77. The van der Waals surface area contributed by atoms with Crippen LogP contribution in [0.4, 0.5) is 0 Å². The van der Waals surface area contributed by atoms with Gasteiger partial charge in [-0.3, -0.25) is 4.79 Å². The predicted octanol–water partition coefficient (Wildman–Crippen LogP) is 3.79. The molecule has 27 heavy (non-hydrogen) atoms. The van der Waals surface area contributed by atoms with Crippen LogP contribution in [0.2, 0.25) is 0 Å². The van der Waals surface area contributed by atoms with E-state index in [1.807, 2.05) is 48.5 Å². The number of carbonyl (C=O) groups excluding carboxylic acids is 1. The third kappa shape index (κ3) is 3.87. The zero-order valence-electron chi connectivity index (χ0n) is 14.6. The van der Waals surface area contributed by atoms with Crippen LogP contribution in [0, 0.1) is 0 Å². The van der Waals surface area contributed by atoms with E-state index in [4.69, 9.17) is 0 Å². The first kappa shape index (κ1) is 18.1. The molecule has 0 fully saturated rings. The maximum atomic E-state index is 12.7. The molecular weight excluding hydrogens is 378 g/mol. The van der Waals surface area contributed by atoms with E-state index in [1.54, 1.807) is 6.07 Å². The fourth-order valence-electron chi connectivity index (χ4n) is 3.48. The van der Waals surface area contributed by atoms with Crippen molar-refractivity contribution in [2.75, 3.05) is 11.5 Å². The SMILES string of the molecule is O=C(NS(=O)(=O)CCSc1ccccc1)c1ccc2c3c(cccc13)CC2. The highest BCUT2D eigenvalue weighted by atomic mass is 32.2. The average Bonchev–Trinajstić information content (AvgIpc) is 3.07. The summed E-state index contributed by atoms with van der Waals surface area (Å²) in [5, 5.41) is 1.93. The van der Waals surface area contributed by atoms with Crippen LogP contribution < -0.4 is 4.72 Å². The molecule has 6 heteroatoms. The highest BCUT2D eigenvalue weighted by molar-refractivity contribution is 8.00. The Morgan fingerprint density at radius 2 is 1.67 bits per heavy atom. The lowest BCUT2D eigenvalue weighted by molar-refractivity contribution is 0.0983. The number of thioether (sulfide) groups is 1. The van der Waals surface area contributed by atoms with Crippen molar-refractivity contribution >= 4 is 38.5 Å². The van der Waals surface area contributed by atoms with E-state index in [1.165, 1.54) is 22.9 Å². The van der Waals surface area contributed by atoms with Gasteiger partial charge in [-0.05, 0) is 52.9 Å². The summed E-state index contributed by atoms with van der Waals surface area (Å²) in [6, 6.07) is 19.2. The lowest BCUT2D eigenvalue weighted by Gasteiger charge is -2.10. The highest BCUT2D eigenvalue weighted by Crippen LogP contribution is 2.32. The third-order valence-electron chi connectivity index (χ3n) is 4.73. The molecule has 0 radical (unpaired) electrons. The van der Waals surface area contributed by atoms with E-state index < -0.39 is 15.9 Å². The number of hydrogen-bond donors (Lipinski definition) is 1. The Labute approximate surface area is 163 Å². The monoisotopic (exact) mass is 397 g/mol. The molecule has 4 rings (SSSR count). The molecule has 0 aliphatic heterocycles. The molecule has 3 aromatic rings.